The van der Waals surface area contributed by atoms with E-state index in [1.807, 2.05) is 51.1 Å². The minimum Gasteiger partial charge on any atom is -0.444 e. The lowest BCUT2D eigenvalue weighted by atomic mass is 10.1. The van der Waals surface area contributed by atoms with Crippen molar-refractivity contribution in [3.8, 4) is 0 Å². The van der Waals surface area contributed by atoms with Gasteiger partial charge in [-0.25, -0.2) is 4.79 Å². The molecule has 112 valence electrons. The maximum Gasteiger partial charge on any atom is 0.407 e. The third-order valence-electron chi connectivity index (χ3n) is 2.83. The molecule has 2 N–H and O–H groups in total. The van der Waals surface area contributed by atoms with Gasteiger partial charge in [0.1, 0.15) is 5.60 Å². The summed E-state index contributed by atoms with van der Waals surface area (Å²) < 4.78 is 5.13. The van der Waals surface area contributed by atoms with Crippen molar-refractivity contribution in [3.05, 3.63) is 35.4 Å². The Morgan fingerprint density at radius 3 is 2.90 bits per heavy atom. The van der Waals surface area contributed by atoms with Crippen molar-refractivity contribution in [3.63, 3.8) is 0 Å². The van der Waals surface area contributed by atoms with Gasteiger partial charge in [-0.3, -0.25) is 4.79 Å². The molecule has 0 saturated carbocycles. The molecular weight excluding hydrogens is 268 g/mol. The van der Waals surface area contributed by atoms with E-state index in [1.165, 1.54) is 0 Å². The normalized spacial score (nSPS) is 14.0. The average Bonchev–Trinajstić information content (AvgIpc) is 2.71. The van der Waals surface area contributed by atoms with Crippen LogP contribution in [0, 0.1) is 0 Å². The second-order valence-electron chi connectivity index (χ2n) is 5.93. The molecule has 2 amide bonds. The number of amides is 2. The molecule has 0 spiro atoms. The smallest absolute Gasteiger partial charge is 0.407 e. The van der Waals surface area contributed by atoms with Crippen LogP contribution >= 0.6 is 0 Å². The van der Waals surface area contributed by atoms with Gasteiger partial charge in [0.25, 0.3) is 0 Å². The van der Waals surface area contributed by atoms with E-state index in [4.69, 9.17) is 4.74 Å². The predicted molar refractivity (Wildman–Crippen MR) is 82.0 cm³/mol. The molecule has 0 aliphatic carbocycles. The van der Waals surface area contributed by atoms with E-state index in [-0.39, 0.29) is 5.91 Å². The lowest BCUT2D eigenvalue weighted by molar-refractivity contribution is -0.115. The van der Waals surface area contributed by atoms with Gasteiger partial charge in [-0.05, 0) is 38.0 Å². The largest absolute Gasteiger partial charge is 0.444 e. The topological polar surface area (TPSA) is 67.4 Å². The highest BCUT2D eigenvalue weighted by molar-refractivity contribution is 5.99. The molecule has 0 fully saturated rings. The van der Waals surface area contributed by atoms with E-state index < -0.39 is 11.7 Å². The Morgan fingerprint density at radius 1 is 1.43 bits per heavy atom. The molecule has 21 heavy (non-hydrogen) atoms. The number of benzene rings is 1. The third kappa shape index (κ3) is 4.63. The Balaban J connectivity index is 1.84. The van der Waals surface area contributed by atoms with Gasteiger partial charge >= 0.3 is 6.09 Å². The SMILES string of the molecule is CC(C)(C)OC(=O)NCC=Cc1ccc2c(c1)NC(=O)C2. The fraction of sp³-hybridized carbons (Fsp3) is 0.375. The number of ether oxygens (including phenoxy) is 1. The molecule has 1 aliphatic heterocycles. The maximum absolute atomic E-state index is 11.4. The van der Waals surface area contributed by atoms with E-state index in [1.54, 1.807) is 0 Å². The zero-order valence-electron chi connectivity index (χ0n) is 12.5. The Labute approximate surface area is 124 Å². The Bertz CT molecular complexity index is 586. The van der Waals surface area contributed by atoms with Crippen LogP contribution in [0.5, 0.6) is 0 Å². The van der Waals surface area contributed by atoms with Crippen molar-refractivity contribution < 1.29 is 14.3 Å². The standard InChI is InChI=1S/C16H20N2O3/c1-16(2,3)21-15(20)17-8-4-5-11-6-7-12-10-14(19)18-13(12)9-11/h4-7,9H,8,10H2,1-3H3,(H,17,20)(H,18,19). The van der Waals surface area contributed by atoms with Crippen molar-refractivity contribution in [2.24, 2.45) is 0 Å². The first-order valence-corrected chi connectivity index (χ1v) is 6.90. The molecule has 0 aromatic heterocycles. The van der Waals surface area contributed by atoms with Crippen LogP contribution in [0.2, 0.25) is 0 Å². The molecule has 5 heteroatoms. The van der Waals surface area contributed by atoms with Crippen molar-refractivity contribution >= 4 is 23.8 Å². The van der Waals surface area contributed by atoms with Gasteiger partial charge in [0.2, 0.25) is 5.91 Å². The van der Waals surface area contributed by atoms with Crippen LogP contribution in [0.3, 0.4) is 0 Å². The van der Waals surface area contributed by atoms with Crippen LogP contribution < -0.4 is 10.6 Å². The summed E-state index contributed by atoms with van der Waals surface area (Å²) in [7, 11) is 0. The second-order valence-corrected chi connectivity index (χ2v) is 5.93. The van der Waals surface area contributed by atoms with Gasteiger partial charge in [0.15, 0.2) is 0 Å². The van der Waals surface area contributed by atoms with Gasteiger partial charge in [0.05, 0.1) is 6.42 Å². The molecule has 5 nitrogen and oxygen atoms in total. The molecule has 2 rings (SSSR count). The van der Waals surface area contributed by atoms with Crippen molar-refractivity contribution in [1.82, 2.24) is 5.32 Å². The zero-order chi connectivity index (χ0) is 15.5. The van der Waals surface area contributed by atoms with E-state index in [2.05, 4.69) is 10.6 Å². The second kappa shape index (κ2) is 5.99. The average molecular weight is 288 g/mol. The summed E-state index contributed by atoms with van der Waals surface area (Å²) in [6, 6.07) is 5.81. The van der Waals surface area contributed by atoms with E-state index >= 15 is 0 Å². The molecule has 1 aliphatic rings. The molecule has 0 saturated heterocycles. The fourth-order valence-corrected chi connectivity index (χ4v) is 1.99. The highest BCUT2D eigenvalue weighted by atomic mass is 16.6. The van der Waals surface area contributed by atoms with Crippen LogP contribution in [0.15, 0.2) is 24.3 Å². The number of hydrogen-bond acceptors (Lipinski definition) is 3. The van der Waals surface area contributed by atoms with Crippen LogP contribution in [-0.2, 0) is 16.0 Å². The van der Waals surface area contributed by atoms with Crippen LogP contribution in [0.25, 0.3) is 6.08 Å². The molecule has 1 aromatic carbocycles. The van der Waals surface area contributed by atoms with Crippen molar-refractivity contribution in [2.45, 2.75) is 32.8 Å². The number of nitrogens with one attached hydrogen (secondary N) is 2. The summed E-state index contributed by atoms with van der Waals surface area (Å²) in [6.45, 7) is 5.85. The minimum absolute atomic E-state index is 0.0257. The Kier molecular flexibility index (Phi) is 4.31. The zero-order valence-corrected chi connectivity index (χ0v) is 12.5. The Hall–Kier alpha value is -2.30. The lowest BCUT2D eigenvalue weighted by Gasteiger charge is -2.19. The summed E-state index contributed by atoms with van der Waals surface area (Å²) in [5.41, 5.74) is 2.36. The Morgan fingerprint density at radius 2 is 2.19 bits per heavy atom. The van der Waals surface area contributed by atoms with Crippen LogP contribution in [0.4, 0.5) is 10.5 Å². The van der Waals surface area contributed by atoms with Gasteiger partial charge < -0.3 is 15.4 Å². The highest BCUT2D eigenvalue weighted by Crippen LogP contribution is 2.24. The first kappa shape index (κ1) is 15.1. The summed E-state index contributed by atoms with van der Waals surface area (Å²) in [5.74, 6) is 0.0257. The van der Waals surface area contributed by atoms with Gasteiger partial charge in [0, 0.05) is 12.2 Å². The molecular formula is C16H20N2O3. The van der Waals surface area contributed by atoms with Crippen molar-refractivity contribution in [2.75, 3.05) is 11.9 Å². The van der Waals surface area contributed by atoms with E-state index in [0.717, 1.165) is 16.8 Å². The molecule has 0 atom stereocenters. The first-order chi connectivity index (χ1) is 9.83. The monoisotopic (exact) mass is 288 g/mol. The number of fused-ring (bicyclic) bond motifs is 1. The highest BCUT2D eigenvalue weighted by Gasteiger charge is 2.17. The molecule has 1 aromatic rings. The minimum atomic E-state index is -0.494. The number of carbonyl (C=O) groups is 2. The fourth-order valence-electron chi connectivity index (χ4n) is 1.99. The number of rotatable bonds is 3. The number of carbonyl (C=O) groups excluding carboxylic acids is 2. The van der Waals surface area contributed by atoms with Crippen LogP contribution in [-0.4, -0.2) is 24.1 Å². The van der Waals surface area contributed by atoms with Gasteiger partial charge in [-0.1, -0.05) is 24.3 Å². The quantitative estimate of drug-likeness (QED) is 0.898. The molecule has 1 heterocycles. The van der Waals surface area contributed by atoms with E-state index in [0.29, 0.717) is 13.0 Å². The third-order valence-corrected chi connectivity index (χ3v) is 2.83. The summed E-state index contributed by atoms with van der Waals surface area (Å²) >= 11 is 0. The first-order valence-electron chi connectivity index (χ1n) is 6.90. The van der Waals surface area contributed by atoms with Gasteiger partial charge in [-0.15, -0.1) is 0 Å². The predicted octanol–water partition coefficient (Wildman–Crippen LogP) is 2.72. The van der Waals surface area contributed by atoms with Crippen LogP contribution in [0.1, 0.15) is 31.9 Å². The number of hydrogen-bond donors (Lipinski definition) is 2. The van der Waals surface area contributed by atoms with Crippen molar-refractivity contribution in [1.29, 1.82) is 0 Å². The molecule has 0 radical (unpaired) electrons. The summed E-state index contributed by atoms with van der Waals surface area (Å²) in [5, 5.41) is 5.46. The summed E-state index contributed by atoms with van der Waals surface area (Å²) in [4.78, 5) is 22.7. The van der Waals surface area contributed by atoms with E-state index in [9.17, 15) is 9.59 Å². The summed E-state index contributed by atoms with van der Waals surface area (Å²) in [6.07, 6.45) is 3.73. The maximum atomic E-state index is 11.4. The number of alkyl carbamates (subject to hydrolysis) is 1. The lowest BCUT2D eigenvalue weighted by Crippen LogP contribution is -2.32. The van der Waals surface area contributed by atoms with Gasteiger partial charge in [-0.2, -0.15) is 0 Å². The number of anilines is 1. The molecule has 0 unspecified atom stereocenters. The molecule has 0 bridgehead atoms.